The van der Waals surface area contributed by atoms with Gasteiger partial charge in [-0.1, -0.05) is 0 Å². The van der Waals surface area contributed by atoms with Crippen LogP contribution in [0, 0.1) is 0 Å². The van der Waals surface area contributed by atoms with Gasteiger partial charge in [-0.05, 0) is 0 Å². The molecular formula is CH4Cl2O5P2Zn. The molecule has 0 radical (unpaired) electrons. The van der Waals surface area contributed by atoms with E-state index in [1.807, 2.05) is 0 Å². The molecule has 64 valence electrons. The van der Waals surface area contributed by atoms with E-state index in [1.54, 1.807) is 0 Å². The van der Waals surface area contributed by atoms with Crippen molar-refractivity contribution in [3.63, 3.8) is 0 Å². The molecule has 0 rings (SSSR count). The third-order valence-corrected chi connectivity index (χ3v) is 1.50. The van der Waals surface area contributed by atoms with Gasteiger partial charge >= 0.3 is 19.5 Å². The molecule has 0 aliphatic heterocycles. The molecule has 10 heteroatoms. The smallest absolute Gasteiger partial charge is 0.781 e. The molecule has 0 aromatic carbocycles. The first kappa shape index (κ1) is 18.4. The van der Waals surface area contributed by atoms with E-state index in [9.17, 15) is 18.9 Å². The van der Waals surface area contributed by atoms with Gasteiger partial charge in [-0.25, -0.2) is 0 Å². The summed E-state index contributed by atoms with van der Waals surface area (Å²) in [7, 11) is -7.03. The van der Waals surface area contributed by atoms with E-state index in [2.05, 4.69) is 4.31 Å². The number of alkyl halides is 2. The molecule has 0 bridgehead atoms. The van der Waals surface area contributed by atoms with Gasteiger partial charge in [-0.15, -0.1) is 23.2 Å². The van der Waals surface area contributed by atoms with Crippen molar-refractivity contribution in [3.8, 4) is 0 Å². The van der Waals surface area contributed by atoms with Crippen LogP contribution in [0.3, 0.4) is 0 Å². The quantitative estimate of drug-likeness (QED) is 0.404. The monoisotopic (exact) mass is 292 g/mol. The SMILES string of the molecule is ClCCl.O=[PH]([O-])O[PH](=O)[O-].[Zn+2]. The van der Waals surface area contributed by atoms with Gasteiger partial charge < -0.3 is 18.9 Å². The minimum absolute atomic E-state index is 0. The number of hydrogen-bond donors (Lipinski definition) is 0. The van der Waals surface area contributed by atoms with Crippen molar-refractivity contribution >= 4 is 39.7 Å². The summed E-state index contributed by atoms with van der Waals surface area (Å²) in [5.74, 6) is 0. The van der Waals surface area contributed by atoms with E-state index < -0.39 is 16.5 Å². The molecule has 0 aliphatic carbocycles. The second kappa shape index (κ2) is 14.1. The van der Waals surface area contributed by atoms with Crippen LogP contribution < -0.4 is 9.79 Å². The molecule has 0 saturated carbocycles. The Morgan fingerprint density at radius 2 is 1.36 bits per heavy atom. The summed E-state index contributed by atoms with van der Waals surface area (Å²) >= 11 is 9.53. The summed E-state index contributed by atoms with van der Waals surface area (Å²) in [6.45, 7) is 0. The summed E-state index contributed by atoms with van der Waals surface area (Å²) in [6.07, 6.45) is 0. The van der Waals surface area contributed by atoms with Crippen molar-refractivity contribution in [2.75, 3.05) is 5.34 Å². The summed E-state index contributed by atoms with van der Waals surface area (Å²) in [5.41, 5.74) is 0. The van der Waals surface area contributed by atoms with E-state index in [-0.39, 0.29) is 24.8 Å². The van der Waals surface area contributed by atoms with Crippen LogP contribution in [0.1, 0.15) is 0 Å². The van der Waals surface area contributed by atoms with E-state index in [1.165, 1.54) is 0 Å². The van der Waals surface area contributed by atoms with Crippen molar-refractivity contribution in [2.24, 2.45) is 0 Å². The molecule has 2 atom stereocenters. The Bertz CT molecular complexity index is 109. The van der Waals surface area contributed by atoms with Crippen LogP contribution in [-0.2, 0) is 32.9 Å². The third kappa shape index (κ3) is 34.2. The normalized spacial score (nSPS) is 13.5. The Kier molecular flexibility index (Phi) is 23.5. The first-order chi connectivity index (χ1) is 4.54. The topological polar surface area (TPSA) is 89.5 Å². The average Bonchev–Trinajstić information content (AvgIpc) is 1.62. The van der Waals surface area contributed by atoms with Crippen LogP contribution in [0.4, 0.5) is 0 Å². The van der Waals surface area contributed by atoms with Gasteiger partial charge in [0.05, 0.1) is 5.34 Å². The van der Waals surface area contributed by atoms with Gasteiger partial charge in [0.2, 0.25) is 0 Å². The van der Waals surface area contributed by atoms with Crippen LogP contribution in [0.15, 0.2) is 0 Å². The van der Waals surface area contributed by atoms with Gasteiger partial charge in [0.15, 0.2) is 0 Å². The van der Waals surface area contributed by atoms with Crippen LogP contribution >= 0.6 is 39.7 Å². The Morgan fingerprint density at radius 1 is 1.18 bits per heavy atom. The van der Waals surface area contributed by atoms with Gasteiger partial charge in [-0.3, -0.25) is 4.31 Å². The Balaban J connectivity index is -0.000000140. The van der Waals surface area contributed by atoms with Crippen LogP contribution in [0.2, 0.25) is 0 Å². The van der Waals surface area contributed by atoms with Crippen molar-refractivity contribution < 1.29 is 42.7 Å². The van der Waals surface area contributed by atoms with Crippen molar-refractivity contribution in [1.82, 2.24) is 0 Å². The zero-order chi connectivity index (χ0) is 8.57. The average molecular weight is 294 g/mol. The van der Waals surface area contributed by atoms with Gasteiger partial charge in [0.1, 0.15) is 16.5 Å². The van der Waals surface area contributed by atoms with Gasteiger partial charge in [-0.2, -0.15) is 0 Å². The fraction of sp³-hybridized carbons (Fsp3) is 1.00. The Labute approximate surface area is 87.7 Å². The van der Waals surface area contributed by atoms with E-state index in [4.69, 9.17) is 23.2 Å². The standard InChI is InChI=1S/CH2Cl2.H4O5P2.Zn/c2-1-3;1-6(2)5-7(3)4;/h1H2;6-7H,(H,1,2)(H,3,4);/q;;+2/p-2. The molecule has 0 fully saturated rings. The minimum Gasteiger partial charge on any atom is -0.781 e. The third-order valence-electron chi connectivity index (χ3n) is 0.167. The fourth-order valence-electron chi connectivity index (χ4n) is 0.0680. The molecule has 5 nitrogen and oxygen atoms in total. The second-order valence-electron chi connectivity index (χ2n) is 0.703. The van der Waals surface area contributed by atoms with E-state index in [0.29, 0.717) is 0 Å². The van der Waals surface area contributed by atoms with E-state index in [0.717, 1.165) is 0 Å². The van der Waals surface area contributed by atoms with Crippen molar-refractivity contribution in [2.45, 2.75) is 0 Å². The number of hydrogen-bond acceptors (Lipinski definition) is 5. The predicted octanol–water partition coefficient (Wildman–Crippen LogP) is -0.0780. The summed E-state index contributed by atoms with van der Waals surface area (Å²) in [6, 6.07) is 0. The molecule has 2 unspecified atom stereocenters. The molecule has 0 amide bonds. The van der Waals surface area contributed by atoms with Crippen molar-refractivity contribution in [3.05, 3.63) is 0 Å². The molecule has 0 aromatic rings. The molecular weight excluding hydrogens is 290 g/mol. The fourth-order valence-corrected chi connectivity index (χ4v) is 0.612. The Hall–Kier alpha value is 1.54. The minimum atomic E-state index is -3.51. The first-order valence-corrected chi connectivity index (χ1v) is 5.28. The van der Waals surface area contributed by atoms with E-state index >= 15 is 0 Å². The maximum atomic E-state index is 9.29. The maximum absolute atomic E-state index is 9.29. The van der Waals surface area contributed by atoms with Crippen LogP contribution in [0.5, 0.6) is 0 Å². The molecule has 0 N–H and O–H groups in total. The van der Waals surface area contributed by atoms with Crippen LogP contribution in [-0.4, -0.2) is 5.34 Å². The second-order valence-corrected chi connectivity index (χ2v) is 3.33. The molecule has 0 heterocycles. The van der Waals surface area contributed by atoms with Crippen LogP contribution in [0.25, 0.3) is 0 Å². The molecule has 0 spiro atoms. The number of halogens is 2. The molecule has 11 heavy (non-hydrogen) atoms. The molecule has 0 aromatic heterocycles. The zero-order valence-corrected chi connectivity index (χ0v) is 11.7. The summed E-state index contributed by atoms with van der Waals surface area (Å²) in [4.78, 5) is 18.6. The summed E-state index contributed by atoms with van der Waals surface area (Å²) in [5, 5.41) is 0.194. The predicted molar refractivity (Wildman–Crippen MR) is 35.7 cm³/mol. The number of rotatable bonds is 2. The Morgan fingerprint density at radius 3 is 1.36 bits per heavy atom. The molecule has 0 saturated heterocycles. The van der Waals surface area contributed by atoms with Gasteiger partial charge in [0, 0.05) is 0 Å². The first-order valence-electron chi connectivity index (χ1n) is 1.76. The van der Waals surface area contributed by atoms with Crippen molar-refractivity contribution in [1.29, 1.82) is 0 Å². The molecule has 0 aliphatic rings. The largest absolute Gasteiger partial charge is 2.00 e. The van der Waals surface area contributed by atoms with Gasteiger partial charge in [0.25, 0.3) is 0 Å². The zero-order valence-electron chi connectivity index (χ0n) is 5.21. The maximum Gasteiger partial charge on any atom is 2.00 e. The summed E-state index contributed by atoms with van der Waals surface area (Å²) < 4.78 is 21.8.